The Kier molecular flexibility index (Phi) is 11.0. The van der Waals surface area contributed by atoms with Gasteiger partial charge in [0.1, 0.15) is 36.9 Å². The molecule has 11 heteroatoms. The molecule has 0 amide bonds. The van der Waals surface area contributed by atoms with E-state index in [1.54, 1.807) is 24.3 Å². The quantitative estimate of drug-likeness (QED) is 0.380. The van der Waals surface area contributed by atoms with Crippen LogP contribution in [0.4, 0.5) is 0 Å². The van der Waals surface area contributed by atoms with E-state index in [-0.39, 0.29) is 47.4 Å². The van der Waals surface area contributed by atoms with E-state index in [0.717, 1.165) is 26.2 Å². The third-order valence-electron chi connectivity index (χ3n) is 7.08. The molecule has 0 aliphatic carbocycles. The van der Waals surface area contributed by atoms with E-state index in [2.05, 4.69) is 9.80 Å². The largest absolute Gasteiger partial charge is 0.491 e. The van der Waals surface area contributed by atoms with Crippen molar-refractivity contribution in [2.45, 2.75) is 74.1 Å². The number of β-amino-alcohol motifs (C(OH)–C–C–N with tert-alkyl or cyclic N) is 2. The minimum atomic E-state index is -3.74. The third-order valence-corrected chi connectivity index (χ3v) is 8.87. The normalized spacial score (nSPS) is 25.9. The van der Waals surface area contributed by atoms with Crippen molar-refractivity contribution in [3.8, 4) is 11.5 Å². The minimum Gasteiger partial charge on any atom is -0.491 e. The lowest BCUT2D eigenvalue weighted by Crippen LogP contribution is -2.48. The SMILES string of the molecule is C[C@@H]1CN(C[C@H](O)COc2ccc(S(=O)(=O)c3ccc(OC[C@H](O)CN4C[C@H](C)O[C@@H](C)C4)cc3)cc2)C[C@H](C)O1. The number of aliphatic hydroxyl groups is 2. The molecule has 2 heterocycles. The number of ether oxygens (including phenoxy) is 4. The Balaban J connectivity index is 1.24. The highest BCUT2D eigenvalue weighted by Crippen LogP contribution is 2.25. The van der Waals surface area contributed by atoms with Crippen molar-refractivity contribution in [3.63, 3.8) is 0 Å². The van der Waals surface area contributed by atoms with Gasteiger partial charge in [-0.1, -0.05) is 0 Å². The summed E-state index contributed by atoms with van der Waals surface area (Å²) in [5.74, 6) is 0.963. The first kappa shape index (κ1) is 31.7. The molecule has 2 saturated heterocycles. The fourth-order valence-corrected chi connectivity index (χ4v) is 6.78. The van der Waals surface area contributed by atoms with Gasteiger partial charge in [-0.3, -0.25) is 9.80 Å². The van der Waals surface area contributed by atoms with Gasteiger partial charge in [-0.25, -0.2) is 8.42 Å². The number of nitrogens with zero attached hydrogens (tertiary/aromatic N) is 2. The number of sulfone groups is 1. The van der Waals surface area contributed by atoms with Gasteiger partial charge in [0.15, 0.2) is 0 Å². The Morgan fingerprint density at radius 1 is 0.683 bits per heavy atom. The zero-order valence-corrected chi connectivity index (χ0v) is 25.2. The number of aliphatic hydroxyl groups excluding tert-OH is 2. The first-order valence-corrected chi connectivity index (χ1v) is 15.8. The lowest BCUT2D eigenvalue weighted by atomic mass is 10.2. The minimum absolute atomic E-state index is 0.104. The Morgan fingerprint density at radius 3 is 1.32 bits per heavy atom. The van der Waals surface area contributed by atoms with Crippen molar-refractivity contribution in [1.82, 2.24) is 9.80 Å². The molecule has 10 nitrogen and oxygen atoms in total. The standard InChI is InChI=1S/C30H44N2O8S/c1-21-13-31(14-22(2)39-21)17-25(33)19-37-27-5-9-29(10-6-27)41(35,36)30-11-7-28(8-12-30)38-20-26(34)18-32-15-23(3)40-24(4)16-32/h5-12,21-26,33-34H,13-20H2,1-4H3/t21-,22-,23-,24+,25+,26-/m0/s1. The molecular formula is C30H44N2O8S. The molecule has 2 aliphatic heterocycles. The van der Waals surface area contributed by atoms with E-state index in [0.29, 0.717) is 24.6 Å². The molecule has 0 bridgehead atoms. The van der Waals surface area contributed by atoms with Crippen molar-refractivity contribution in [1.29, 1.82) is 0 Å². The zero-order chi connectivity index (χ0) is 29.6. The molecule has 0 unspecified atom stereocenters. The van der Waals surface area contributed by atoms with Gasteiger partial charge in [0.2, 0.25) is 9.84 Å². The number of hydrogen-bond acceptors (Lipinski definition) is 10. The van der Waals surface area contributed by atoms with Crippen LogP contribution in [0.2, 0.25) is 0 Å². The van der Waals surface area contributed by atoms with Gasteiger partial charge in [-0.2, -0.15) is 0 Å². The van der Waals surface area contributed by atoms with Crippen molar-refractivity contribution in [2.75, 3.05) is 52.5 Å². The molecule has 228 valence electrons. The summed E-state index contributed by atoms with van der Waals surface area (Å²) in [6.07, 6.45) is -0.865. The summed E-state index contributed by atoms with van der Waals surface area (Å²) in [6, 6.07) is 12.3. The van der Waals surface area contributed by atoms with E-state index < -0.39 is 22.0 Å². The van der Waals surface area contributed by atoms with Crippen LogP contribution in [0.1, 0.15) is 27.7 Å². The average molecular weight is 593 g/mol. The van der Waals surface area contributed by atoms with Gasteiger partial charge < -0.3 is 29.2 Å². The first-order valence-electron chi connectivity index (χ1n) is 14.3. The number of benzene rings is 2. The first-order chi connectivity index (χ1) is 19.5. The van der Waals surface area contributed by atoms with Crippen molar-refractivity contribution in [2.24, 2.45) is 0 Å². The molecule has 0 aromatic heterocycles. The highest BCUT2D eigenvalue weighted by molar-refractivity contribution is 7.91. The molecule has 41 heavy (non-hydrogen) atoms. The summed E-state index contributed by atoms with van der Waals surface area (Å²) in [7, 11) is -3.74. The average Bonchev–Trinajstić information content (AvgIpc) is 2.90. The molecular weight excluding hydrogens is 548 g/mol. The summed E-state index contributed by atoms with van der Waals surface area (Å²) in [4.78, 5) is 4.60. The monoisotopic (exact) mass is 592 g/mol. The molecule has 0 spiro atoms. The third kappa shape index (κ3) is 9.37. The Hall–Kier alpha value is -2.25. The maximum absolute atomic E-state index is 13.1. The summed E-state index contributed by atoms with van der Waals surface area (Å²) in [6.45, 7) is 12.3. The van der Waals surface area contributed by atoms with Crippen LogP contribution in [0, 0.1) is 0 Å². The van der Waals surface area contributed by atoms with E-state index in [9.17, 15) is 18.6 Å². The molecule has 6 atom stereocenters. The van der Waals surface area contributed by atoms with Crippen LogP contribution in [-0.4, -0.2) is 118 Å². The highest BCUT2D eigenvalue weighted by Gasteiger charge is 2.25. The van der Waals surface area contributed by atoms with Crippen LogP contribution in [0.15, 0.2) is 58.3 Å². The molecule has 2 aliphatic rings. The molecule has 2 aromatic rings. The van der Waals surface area contributed by atoms with Gasteiger partial charge in [0.25, 0.3) is 0 Å². The summed E-state index contributed by atoms with van der Waals surface area (Å²) in [5, 5.41) is 20.8. The fraction of sp³-hybridized carbons (Fsp3) is 0.600. The van der Waals surface area contributed by atoms with E-state index in [4.69, 9.17) is 18.9 Å². The second-order valence-corrected chi connectivity index (χ2v) is 13.3. The predicted molar refractivity (Wildman–Crippen MR) is 154 cm³/mol. The molecule has 0 radical (unpaired) electrons. The topological polar surface area (TPSA) is 118 Å². The van der Waals surface area contributed by atoms with E-state index >= 15 is 0 Å². The van der Waals surface area contributed by atoms with Crippen LogP contribution in [0.5, 0.6) is 11.5 Å². The number of hydrogen-bond donors (Lipinski definition) is 2. The van der Waals surface area contributed by atoms with Crippen LogP contribution in [-0.2, 0) is 19.3 Å². The molecule has 2 aromatic carbocycles. The lowest BCUT2D eigenvalue weighted by molar-refractivity contribution is -0.0789. The molecule has 2 N–H and O–H groups in total. The van der Waals surface area contributed by atoms with Gasteiger partial charge in [-0.15, -0.1) is 0 Å². The Morgan fingerprint density at radius 2 is 1.00 bits per heavy atom. The van der Waals surface area contributed by atoms with E-state index in [1.807, 2.05) is 27.7 Å². The molecule has 0 saturated carbocycles. The van der Waals surface area contributed by atoms with Gasteiger partial charge in [0, 0.05) is 39.3 Å². The number of rotatable bonds is 12. The van der Waals surface area contributed by atoms with Gasteiger partial charge in [0.05, 0.1) is 34.2 Å². The van der Waals surface area contributed by atoms with Gasteiger partial charge in [-0.05, 0) is 76.2 Å². The zero-order valence-electron chi connectivity index (χ0n) is 24.4. The second-order valence-electron chi connectivity index (χ2n) is 11.3. The Bertz CT molecular complexity index is 1090. The van der Waals surface area contributed by atoms with Crippen LogP contribution in [0.3, 0.4) is 0 Å². The summed E-state index contributed by atoms with van der Waals surface area (Å²) in [5.41, 5.74) is 0. The maximum atomic E-state index is 13.1. The molecule has 2 fully saturated rings. The number of morpholine rings is 2. The van der Waals surface area contributed by atoms with Crippen molar-refractivity contribution >= 4 is 9.84 Å². The van der Waals surface area contributed by atoms with Crippen LogP contribution in [0.25, 0.3) is 0 Å². The van der Waals surface area contributed by atoms with Crippen LogP contribution < -0.4 is 9.47 Å². The summed E-state index contributed by atoms with van der Waals surface area (Å²) >= 11 is 0. The fourth-order valence-electron chi connectivity index (χ4n) is 5.52. The predicted octanol–water partition coefficient (Wildman–Crippen LogP) is 2.22. The van der Waals surface area contributed by atoms with Gasteiger partial charge >= 0.3 is 0 Å². The Labute approximate surface area is 243 Å². The summed E-state index contributed by atoms with van der Waals surface area (Å²) < 4.78 is 49.2. The highest BCUT2D eigenvalue weighted by atomic mass is 32.2. The van der Waals surface area contributed by atoms with Crippen molar-refractivity contribution < 1.29 is 37.6 Å². The lowest BCUT2D eigenvalue weighted by Gasteiger charge is -2.36. The van der Waals surface area contributed by atoms with Crippen molar-refractivity contribution in [3.05, 3.63) is 48.5 Å². The van der Waals surface area contributed by atoms with Crippen LogP contribution >= 0.6 is 0 Å². The second kappa shape index (κ2) is 14.3. The smallest absolute Gasteiger partial charge is 0.206 e. The molecule has 4 rings (SSSR count). The maximum Gasteiger partial charge on any atom is 0.206 e. The van der Waals surface area contributed by atoms with E-state index in [1.165, 1.54) is 24.3 Å².